The van der Waals surface area contributed by atoms with Gasteiger partial charge in [-0.15, -0.1) is 11.3 Å². The number of benzene rings is 1. The molecule has 1 amide bonds. The van der Waals surface area contributed by atoms with Crippen LogP contribution >= 0.6 is 11.3 Å². The lowest BCUT2D eigenvalue weighted by atomic mass is 10.0. The molecular weight excluding hydrogens is 508 g/mol. The second-order valence-corrected chi connectivity index (χ2v) is 10.8. The first kappa shape index (κ1) is 28.5. The number of anilines is 2. The lowest BCUT2D eigenvalue weighted by molar-refractivity contribution is 0.100. The molecule has 0 bridgehead atoms. The fraction of sp³-hybridized carbons (Fsp3) is 0.367. The average Bonchev–Trinajstić information content (AvgIpc) is 3.29. The van der Waals surface area contributed by atoms with Crippen LogP contribution in [0.25, 0.3) is 21.5 Å². The molecule has 206 valence electrons. The smallest absolute Gasteiger partial charge is 0.260 e. The van der Waals surface area contributed by atoms with Crippen LogP contribution < -0.4 is 21.7 Å². The minimum atomic E-state index is -0.574. The molecule has 4 aromatic rings. The Bertz CT molecular complexity index is 1400. The molecule has 1 aliphatic heterocycles. The van der Waals surface area contributed by atoms with Gasteiger partial charge in [0.05, 0.1) is 17.5 Å². The Kier molecular flexibility index (Phi) is 9.16. The lowest BCUT2D eigenvalue weighted by Crippen LogP contribution is -2.44. The molecule has 4 heterocycles. The van der Waals surface area contributed by atoms with Gasteiger partial charge < -0.3 is 26.8 Å². The zero-order chi connectivity index (χ0) is 26.6. The molecule has 0 spiro atoms. The molecule has 1 atom stereocenters. The number of rotatable bonds is 9. The molecule has 0 aliphatic carbocycles. The number of aliphatic hydroxyl groups is 1. The van der Waals surface area contributed by atoms with Crippen LogP contribution in [-0.4, -0.2) is 46.7 Å². The summed E-state index contributed by atoms with van der Waals surface area (Å²) in [5.41, 5.74) is 16.2. The highest BCUT2D eigenvalue weighted by Crippen LogP contribution is 2.37. The number of amides is 1. The van der Waals surface area contributed by atoms with Crippen molar-refractivity contribution in [2.24, 2.45) is 5.73 Å². The molecule has 1 aromatic carbocycles. The van der Waals surface area contributed by atoms with E-state index in [0.29, 0.717) is 23.2 Å². The van der Waals surface area contributed by atoms with Crippen LogP contribution in [0.4, 0.5) is 11.5 Å². The van der Waals surface area contributed by atoms with Crippen LogP contribution in [0.2, 0.25) is 0 Å². The van der Waals surface area contributed by atoms with E-state index in [9.17, 15) is 9.90 Å². The monoisotopic (exact) mass is 546 g/mol. The molecule has 3 aromatic heterocycles. The number of nitrogens with one attached hydrogen (secondary N) is 1. The topological polar surface area (TPSA) is 130 Å². The van der Waals surface area contributed by atoms with Crippen LogP contribution in [0.1, 0.15) is 60.5 Å². The third-order valence-corrected chi connectivity index (χ3v) is 8.30. The Hall–Kier alpha value is -3.53. The number of piperidine rings is 1. The largest absolute Gasteiger partial charge is 0.397 e. The first-order valence-corrected chi connectivity index (χ1v) is 14.0. The van der Waals surface area contributed by atoms with E-state index in [1.54, 1.807) is 6.20 Å². The number of carbonyl (C=O) groups excluding carboxylic acids is 1. The van der Waals surface area contributed by atoms with Crippen molar-refractivity contribution in [3.8, 4) is 11.3 Å². The van der Waals surface area contributed by atoms with Crippen LogP contribution in [-0.2, 0) is 6.42 Å². The van der Waals surface area contributed by atoms with E-state index in [1.807, 2.05) is 42.5 Å². The van der Waals surface area contributed by atoms with Gasteiger partial charge >= 0.3 is 0 Å². The first-order chi connectivity index (χ1) is 18.4. The second-order valence-electron chi connectivity index (χ2n) is 9.80. The number of fused-ring (bicyclic) bond motifs is 1. The van der Waals surface area contributed by atoms with Gasteiger partial charge in [0.2, 0.25) is 0 Å². The van der Waals surface area contributed by atoms with Gasteiger partial charge in [0.15, 0.2) is 0 Å². The van der Waals surface area contributed by atoms with Gasteiger partial charge in [0.1, 0.15) is 15.5 Å². The average molecular weight is 547 g/mol. The Morgan fingerprint density at radius 3 is 2.59 bits per heavy atom. The van der Waals surface area contributed by atoms with Crippen molar-refractivity contribution in [2.75, 3.05) is 30.3 Å². The molecule has 39 heavy (non-hydrogen) atoms. The number of aliphatic hydroxyl groups excluding tert-OH is 1. The van der Waals surface area contributed by atoms with Crippen molar-refractivity contribution in [1.29, 1.82) is 0 Å². The standard InChI is InChI=1S/C29H34N6O2S.CH4/c1-2-5-20-16-24(34-29-25(20)26(30)27(38-29)28(31)37)35-14-11-21(12-15-35)33-17-23(36)19-9-7-18(8-10-19)22-6-3-4-13-32-22;/h3-4,6-10,13,16,21,23,33,36H,2,5,11-12,14-15,17,30H2,1H3,(H2,31,37);1H4. The normalized spacial score (nSPS) is 14.8. The zero-order valence-electron chi connectivity index (χ0n) is 21.6. The van der Waals surface area contributed by atoms with Crippen LogP contribution in [0, 0.1) is 0 Å². The van der Waals surface area contributed by atoms with Gasteiger partial charge in [-0.25, -0.2) is 4.98 Å². The maximum atomic E-state index is 11.8. The predicted molar refractivity (Wildman–Crippen MR) is 161 cm³/mol. The molecular formula is C30H38N6O2S. The number of pyridine rings is 2. The van der Waals surface area contributed by atoms with E-state index < -0.39 is 12.0 Å². The number of nitrogens with two attached hydrogens (primary N) is 2. The highest BCUT2D eigenvalue weighted by Gasteiger charge is 2.24. The number of aryl methyl sites for hydroxylation is 1. The van der Waals surface area contributed by atoms with E-state index in [2.05, 4.69) is 28.2 Å². The van der Waals surface area contributed by atoms with Crippen molar-refractivity contribution in [3.05, 3.63) is 70.7 Å². The number of carbonyl (C=O) groups is 1. The number of aromatic nitrogens is 2. The number of primary amides is 1. The number of hydrogen-bond acceptors (Lipinski definition) is 8. The summed E-state index contributed by atoms with van der Waals surface area (Å²) in [6, 6.07) is 16.2. The summed E-state index contributed by atoms with van der Waals surface area (Å²) in [5.74, 6) is 0.414. The summed E-state index contributed by atoms with van der Waals surface area (Å²) in [4.78, 5) is 24.5. The SMILES string of the molecule is C.CCCc1cc(N2CCC(NCC(O)c3ccc(-c4ccccn4)cc3)CC2)nc2sc(C(N)=O)c(N)c12. The fourth-order valence-electron chi connectivity index (χ4n) is 5.11. The highest BCUT2D eigenvalue weighted by atomic mass is 32.1. The first-order valence-electron chi connectivity index (χ1n) is 13.1. The predicted octanol–water partition coefficient (Wildman–Crippen LogP) is 4.92. The van der Waals surface area contributed by atoms with Gasteiger partial charge in [-0.1, -0.05) is 51.1 Å². The lowest BCUT2D eigenvalue weighted by Gasteiger charge is -2.34. The maximum absolute atomic E-state index is 11.8. The third-order valence-electron chi connectivity index (χ3n) is 7.19. The van der Waals surface area contributed by atoms with E-state index in [4.69, 9.17) is 16.5 Å². The van der Waals surface area contributed by atoms with E-state index in [-0.39, 0.29) is 7.43 Å². The van der Waals surface area contributed by atoms with E-state index in [0.717, 1.165) is 77.2 Å². The minimum absolute atomic E-state index is 0. The van der Waals surface area contributed by atoms with Gasteiger partial charge in [0.25, 0.3) is 5.91 Å². The van der Waals surface area contributed by atoms with Crippen molar-refractivity contribution < 1.29 is 9.90 Å². The van der Waals surface area contributed by atoms with Crippen LogP contribution in [0.5, 0.6) is 0 Å². The summed E-state index contributed by atoms with van der Waals surface area (Å²) in [6.45, 7) is 4.35. The van der Waals surface area contributed by atoms with E-state index in [1.165, 1.54) is 11.3 Å². The molecule has 9 heteroatoms. The fourth-order valence-corrected chi connectivity index (χ4v) is 6.10. The molecule has 6 N–H and O–H groups in total. The van der Waals surface area contributed by atoms with Gasteiger partial charge in [-0.3, -0.25) is 9.78 Å². The Morgan fingerprint density at radius 1 is 1.21 bits per heavy atom. The highest BCUT2D eigenvalue weighted by molar-refractivity contribution is 7.21. The summed E-state index contributed by atoms with van der Waals surface area (Å²) in [5, 5.41) is 15.2. The quantitative estimate of drug-likeness (QED) is 0.234. The Labute approximate surface area is 234 Å². The number of thiophene rings is 1. The molecule has 0 saturated carbocycles. The summed E-state index contributed by atoms with van der Waals surface area (Å²) >= 11 is 1.28. The third kappa shape index (κ3) is 6.21. The number of hydrogen-bond donors (Lipinski definition) is 4. The van der Waals surface area contributed by atoms with Crippen molar-refractivity contribution >= 4 is 39.0 Å². The summed E-state index contributed by atoms with van der Waals surface area (Å²) in [7, 11) is 0. The Balaban J connectivity index is 0.00000353. The molecule has 8 nitrogen and oxygen atoms in total. The van der Waals surface area contributed by atoms with Crippen molar-refractivity contribution in [2.45, 2.75) is 52.2 Å². The Morgan fingerprint density at radius 2 is 1.95 bits per heavy atom. The molecule has 0 radical (unpaired) electrons. The van der Waals surface area contributed by atoms with Crippen molar-refractivity contribution in [1.82, 2.24) is 15.3 Å². The molecule has 1 aliphatic rings. The number of nitrogen functional groups attached to an aromatic ring is 1. The number of nitrogens with zero attached hydrogens (tertiary/aromatic N) is 3. The van der Waals surface area contributed by atoms with Gasteiger partial charge in [-0.05, 0) is 48.6 Å². The van der Waals surface area contributed by atoms with Crippen molar-refractivity contribution in [3.63, 3.8) is 0 Å². The molecule has 5 rings (SSSR count). The summed E-state index contributed by atoms with van der Waals surface area (Å²) in [6.07, 6.45) is 4.95. The molecule has 1 fully saturated rings. The molecule has 1 unspecified atom stereocenters. The van der Waals surface area contributed by atoms with Gasteiger partial charge in [-0.2, -0.15) is 0 Å². The molecule has 1 saturated heterocycles. The maximum Gasteiger partial charge on any atom is 0.260 e. The van der Waals surface area contributed by atoms with Gasteiger partial charge in [0, 0.05) is 42.8 Å². The van der Waals surface area contributed by atoms with E-state index >= 15 is 0 Å². The van der Waals surface area contributed by atoms with Crippen LogP contribution in [0.15, 0.2) is 54.7 Å². The van der Waals surface area contributed by atoms with Crippen LogP contribution in [0.3, 0.4) is 0 Å². The summed E-state index contributed by atoms with van der Waals surface area (Å²) < 4.78 is 0. The second kappa shape index (κ2) is 12.5. The zero-order valence-corrected chi connectivity index (χ0v) is 22.4. The minimum Gasteiger partial charge on any atom is -0.397 e.